The van der Waals surface area contributed by atoms with Gasteiger partial charge in [-0.05, 0) is 61.5 Å². The molecule has 0 aliphatic rings. The second-order valence-corrected chi connectivity index (χ2v) is 6.62. The van der Waals surface area contributed by atoms with Gasteiger partial charge in [-0.25, -0.2) is 0 Å². The number of pyridine rings is 1. The minimum atomic E-state index is -0.269. The molecule has 0 radical (unpaired) electrons. The molecule has 0 bridgehead atoms. The number of nitrogens with one attached hydrogen (secondary N) is 2. The van der Waals surface area contributed by atoms with E-state index in [0.29, 0.717) is 16.8 Å². The van der Waals surface area contributed by atoms with E-state index < -0.39 is 0 Å². The number of hydrogen-bond acceptors (Lipinski definition) is 5. The van der Waals surface area contributed by atoms with Crippen molar-refractivity contribution in [3.8, 4) is 0 Å². The third-order valence-corrected chi connectivity index (χ3v) is 4.22. The van der Waals surface area contributed by atoms with Gasteiger partial charge in [0.25, 0.3) is 5.91 Å². The van der Waals surface area contributed by atoms with E-state index in [4.69, 9.17) is 0 Å². The molecule has 1 aromatic heterocycles. The molecule has 6 nitrogen and oxygen atoms in total. The number of carbonyl (C=O) groups excluding carboxylic acids is 2. The van der Waals surface area contributed by atoms with Gasteiger partial charge in [0, 0.05) is 42.9 Å². The first kappa shape index (κ1) is 19.1. The van der Waals surface area contributed by atoms with Crippen molar-refractivity contribution in [2.75, 3.05) is 29.6 Å². The number of anilines is 4. The molecule has 28 heavy (non-hydrogen) atoms. The lowest BCUT2D eigenvalue weighted by Crippen LogP contribution is -2.12. The summed E-state index contributed by atoms with van der Waals surface area (Å²) in [7, 11) is 3.98. The number of nitrogens with zero attached hydrogens (tertiary/aromatic N) is 2. The predicted molar refractivity (Wildman–Crippen MR) is 113 cm³/mol. The molecule has 2 aromatic carbocycles. The van der Waals surface area contributed by atoms with E-state index in [0.717, 1.165) is 17.1 Å². The monoisotopic (exact) mass is 374 g/mol. The zero-order valence-electron chi connectivity index (χ0n) is 16.1. The number of carbonyl (C=O) groups is 2. The summed E-state index contributed by atoms with van der Waals surface area (Å²) in [6.07, 6.45) is 3.18. The van der Waals surface area contributed by atoms with Gasteiger partial charge in [0.05, 0.1) is 17.4 Å². The van der Waals surface area contributed by atoms with Crippen LogP contribution in [-0.4, -0.2) is 30.8 Å². The van der Waals surface area contributed by atoms with Crippen molar-refractivity contribution in [2.45, 2.75) is 6.92 Å². The molecule has 2 N–H and O–H groups in total. The number of amides is 1. The molecule has 0 aliphatic carbocycles. The molecule has 1 heterocycles. The first-order chi connectivity index (χ1) is 13.4. The molecule has 0 spiro atoms. The van der Waals surface area contributed by atoms with Crippen LogP contribution in [0, 0.1) is 0 Å². The Morgan fingerprint density at radius 1 is 0.821 bits per heavy atom. The molecule has 3 rings (SSSR count). The van der Waals surface area contributed by atoms with E-state index in [2.05, 4.69) is 15.6 Å². The van der Waals surface area contributed by atoms with Crippen molar-refractivity contribution in [3.05, 3.63) is 78.1 Å². The maximum atomic E-state index is 12.5. The summed E-state index contributed by atoms with van der Waals surface area (Å²) >= 11 is 0. The van der Waals surface area contributed by atoms with Gasteiger partial charge >= 0.3 is 0 Å². The third-order valence-electron chi connectivity index (χ3n) is 4.22. The summed E-state index contributed by atoms with van der Waals surface area (Å²) in [5, 5.41) is 6.06. The fourth-order valence-corrected chi connectivity index (χ4v) is 2.63. The Labute approximate surface area is 164 Å². The van der Waals surface area contributed by atoms with Gasteiger partial charge in [-0.2, -0.15) is 0 Å². The van der Waals surface area contributed by atoms with Crippen LogP contribution in [0.3, 0.4) is 0 Å². The summed E-state index contributed by atoms with van der Waals surface area (Å²) in [6, 6.07) is 16.5. The number of ketones is 1. The van der Waals surface area contributed by atoms with Crippen LogP contribution in [0.15, 0.2) is 67.0 Å². The Bertz CT molecular complexity index is 980. The van der Waals surface area contributed by atoms with E-state index in [1.165, 1.54) is 13.1 Å². The minimum Gasteiger partial charge on any atom is -0.378 e. The highest BCUT2D eigenvalue weighted by Crippen LogP contribution is 2.20. The SMILES string of the molecule is CC(=O)c1ccc(NC(=O)c2cncc(Nc3ccc(N(C)C)cc3)c2)cc1. The molecule has 0 saturated carbocycles. The highest BCUT2D eigenvalue weighted by molar-refractivity contribution is 6.05. The molecule has 0 aliphatic heterocycles. The van der Waals surface area contributed by atoms with E-state index in [1.54, 1.807) is 36.5 Å². The van der Waals surface area contributed by atoms with E-state index >= 15 is 0 Å². The van der Waals surface area contributed by atoms with Crippen molar-refractivity contribution in [3.63, 3.8) is 0 Å². The van der Waals surface area contributed by atoms with Crippen LogP contribution in [-0.2, 0) is 0 Å². The molecule has 0 fully saturated rings. The molecular weight excluding hydrogens is 352 g/mol. The summed E-state index contributed by atoms with van der Waals surface area (Å²) < 4.78 is 0. The van der Waals surface area contributed by atoms with Crippen LogP contribution in [0.5, 0.6) is 0 Å². The van der Waals surface area contributed by atoms with Crippen LogP contribution in [0.4, 0.5) is 22.7 Å². The normalized spacial score (nSPS) is 10.2. The molecule has 0 unspecified atom stereocenters. The lowest BCUT2D eigenvalue weighted by molar-refractivity contribution is 0.101. The molecule has 1 amide bonds. The number of benzene rings is 2. The van der Waals surface area contributed by atoms with E-state index in [9.17, 15) is 9.59 Å². The van der Waals surface area contributed by atoms with Gasteiger partial charge in [0.1, 0.15) is 0 Å². The fraction of sp³-hybridized carbons (Fsp3) is 0.136. The predicted octanol–water partition coefficient (Wildman–Crippen LogP) is 4.35. The second-order valence-electron chi connectivity index (χ2n) is 6.62. The molecule has 3 aromatic rings. The Balaban J connectivity index is 1.69. The first-order valence-corrected chi connectivity index (χ1v) is 8.84. The van der Waals surface area contributed by atoms with Gasteiger partial charge < -0.3 is 15.5 Å². The first-order valence-electron chi connectivity index (χ1n) is 8.84. The Kier molecular flexibility index (Phi) is 5.69. The molecule has 0 saturated heterocycles. The van der Waals surface area contributed by atoms with Crippen LogP contribution in [0.25, 0.3) is 0 Å². The largest absolute Gasteiger partial charge is 0.378 e. The van der Waals surface area contributed by atoms with Crippen molar-refractivity contribution in [2.24, 2.45) is 0 Å². The number of aromatic nitrogens is 1. The van der Waals surface area contributed by atoms with E-state index in [-0.39, 0.29) is 11.7 Å². The zero-order valence-corrected chi connectivity index (χ0v) is 16.1. The topological polar surface area (TPSA) is 74.3 Å². The van der Waals surface area contributed by atoms with E-state index in [1.807, 2.05) is 43.3 Å². The van der Waals surface area contributed by atoms with Gasteiger partial charge in [-0.1, -0.05) is 0 Å². The molecule has 142 valence electrons. The smallest absolute Gasteiger partial charge is 0.257 e. The summed E-state index contributed by atoms with van der Waals surface area (Å²) in [5.74, 6) is -0.283. The van der Waals surface area contributed by atoms with Crippen LogP contribution in [0.1, 0.15) is 27.6 Å². The number of hydrogen-bond donors (Lipinski definition) is 2. The highest BCUT2D eigenvalue weighted by Gasteiger charge is 2.09. The van der Waals surface area contributed by atoms with Gasteiger partial charge in [-0.15, -0.1) is 0 Å². The van der Waals surface area contributed by atoms with Gasteiger partial charge in [0.2, 0.25) is 0 Å². The quantitative estimate of drug-likeness (QED) is 0.628. The van der Waals surface area contributed by atoms with Crippen LogP contribution < -0.4 is 15.5 Å². The summed E-state index contributed by atoms with van der Waals surface area (Å²) in [6.45, 7) is 1.51. The maximum absolute atomic E-state index is 12.5. The second kappa shape index (κ2) is 8.35. The fourth-order valence-electron chi connectivity index (χ4n) is 2.63. The Morgan fingerprint density at radius 3 is 2.07 bits per heavy atom. The van der Waals surface area contributed by atoms with Crippen molar-refractivity contribution in [1.29, 1.82) is 0 Å². The molecular formula is C22H22N4O2. The standard InChI is InChI=1S/C22H22N4O2/c1-15(27)16-4-6-19(7-5-16)25-22(28)17-12-20(14-23-13-17)24-18-8-10-21(11-9-18)26(2)3/h4-14,24H,1-3H3,(H,25,28). The van der Waals surface area contributed by atoms with Crippen LogP contribution >= 0.6 is 0 Å². The maximum Gasteiger partial charge on any atom is 0.257 e. The Hall–Kier alpha value is -3.67. The lowest BCUT2D eigenvalue weighted by Gasteiger charge is -2.13. The average Bonchev–Trinajstić information content (AvgIpc) is 2.69. The molecule has 6 heteroatoms. The Morgan fingerprint density at radius 2 is 1.46 bits per heavy atom. The van der Waals surface area contributed by atoms with Crippen LogP contribution in [0.2, 0.25) is 0 Å². The van der Waals surface area contributed by atoms with Crippen molar-refractivity contribution < 1.29 is 9.59 Å². The minimum absolute atomic E-state index is 0.0144. The van der Waals surface area contributed by atoms with Gasteiger partial charge in [-0.3, -0.25) is 14.6 Å². The third kappa shape index (κ3) is 4.73. The lowest BCUT2D eigenvalue weighted by atomic mass is 10.1. The van der Waals surface area contributed by atoms with Gasteiger partial charge in [0.15, 0.2) is 5.78 Å². The summed E-state index contributed by atoms with van der Waals surface area (Å²) in [4.78, 5) is 30.0. The highest BCUT2D eigenvalue weighted by atomic mass is 16.1. The number of rotatable bonds is 6. The summed E-state index contributed by atoms with van der Waals surface area (Å²) in [5.41, 5.74) is 4.39. The number of Topliss-reactive ketones (excluding diaryl/α,β-unsaturated/α-hetero) is 1. The van der Waals surface area contributed by atoms with Crippen molar-refractivity contribution in [1.82, 2.24) is 4.98 Å². The van der Waals surface area contributed by atoms with Crippen molar-refractivity contribution >= 4 is 34.4 Å². The average molecular weight is 374 g/mol. The molecule has 0 atom stereocenters. The zero-order chi connectivity index (χ0) is 20.1.